The molecule has 1 atom stereocenters. The lowest BCUT2D eigenvalue weighted by Gasteiger charge is -2.16. The second kappa shape index (κ2) is 5.70. The Morgan fingerprint density at radius 3 is 2.47 bits per heavy atom. The average molecular weight is 289 g/mol. The van der Waals surface area contributed by atoms with Gasteiger partial charge in [0.15, 0.2) is 5.69 Å². The van der Waals surface area contributed by atoms with E-state index in [2.05, 4.69) is 14.9 Å². The van der Waals surface area contributed by atoms with E-state index in [0.29, 0.717) is 12.3 Å². The number of carboxylic acid groups (broad SMARTS) is 1. The van der Waals surface area contributed by atoms with Gasteiger partial charge in [0, 0.05) is 6.04 Å². The van der Waals surface area contributed by atoms with Gasteiger partial charge in [-0.3, -0.25) is 5.10 Å². The van der Waals surface area contributed by atoms with E-state index in [1.807, 2.05) is 13.8 Å². The number of sulfonamides is 1. The van der Waals surface area contributed by atoms with Crippen molar-refractivity contribution in [2.24, 2.45) is 5.92 Å². The van der Waals surface area contributed by atoms with Crippen molar-refractivity contribution in [3.8, 4) is 0 Å². The monoisotopic (exact) mass is 289 g/mol. The molecular formula is C11H19N3O4S. The molecule has 1 heterocycles. The number of carboxylic acids is 1. The summed E-state index contributed by atoms with van der Waals surface area (Å²) >= 11 is 0. The van der Waals surface area contributed by atoms with E-state index in [0.717, 1.165) is 0 Å². The van der Waals surface area contributed by atoms with E-state index >= 15 is 0 Å². The van der Waals surface area contributed by atoms with Crippen LogP contribution in [0.1, 0.15) is 43.4 Å². The molecule has 1 rings (SSSR count). The molecule has 108 valence electrons. The molecule has 0 saturated carbocycles. The number of hydrogen-bond donors (Lipinski definition) is 3. The van der Waals surface area contributed by atoms with Crippen molar-refractivity contribution < 1.29 is 18.3 Å². The maximum atomic E-state index is 12.2. The first-order chi connectivity index (χ1) is 8.65. The Morgan fingerprint density at radius 1 is 1.42 bits per heavy atom. The van der Waals surface area contributed by atoms with Gasteiger partial charge >= 0.3 is 5.97 Å². The first kappa shape index (κ1) is 15.6. The molecule has 1 aromatic heterocycles. The number of rotatable bonds is 6. The SMILES string of the molecule is Cc1[nH]nc(C(=O)O)c1S(=O)(=O)NC(C)CC(C)C. The Bertz CT molecular complexity index is 562. The van der Waals surface area contributed by atoms with Crippen LogP contribution in [0.4, 0.5) is 0 Å². The number of aromatic carboxylic acids is 1. The number of nitrogens with zero attached hydrogens (tertiary/aromatic N) is 1. The lowest BCUT2D eigenvalue weighted by atomic mass is 10.1. The van der Waals surface area contributed by atoms with Gasteiger partial charge in [-0.15, -0.1) is 0 Å². The Hall–Kier alpha value is -1.41. The number of aromatic amines is 1. The lowest BCUT2D eigenvalue weighted by Crippen LogP contribution is -2.34. The number of nitrogens with one attached hydrogen (secondary N) is 2. The summed E-state index contributed by atoms with van der Waals surface area (Å²) in [5, 5.41) is 14.8. The van der Waals surface area contributed by atoms with Crippen molar-refractivity contribution in [3.05, 3.63) is 11.4 Å². The summed E-state index contributed by atoms with van der Waals surface area (Å²) in [6.07, 6.45) is 0.665. The minimum absolute atomic E-state index is 0.210. The van der Waals surface area contributed by atoms with Crippen molar-refractivity contribution in [2.45, 2.75) is 45.1 Å². The average Bonchev–Trinajstić information content (AvgIpc) is 2.58. The molecule has 7 nitrogen and oxygen atoms in total. The summed E-state index contributed by atoms with van der Waals surface area (Å²) in [6, 6.07) is -0.277. The van der Waals surface area contributed by atoms with E-state index in [-0.39, 0.29) is 16.6 Å². The molecule has 0 spiro atoms. The molecule has 0 bridgehead atoms. The van der Waals surface area contributed by atoms with Crippen LogP contribution >= 0.6 is 0 Å². The highest BCUT2D eigenvalue weighted by atomic mass is 32.2. The van der Waals surface area contributed by atoms with Gasteiger partial charge in [0.1, 0.15) is 4.90 Å². The summed E-state index contributed by atoms with van der Waals surface area (Å²) in [6.45, 7) is 7.18. The molecule has 0 aliphatic carbocycles. The highest BCUT2D eigenvalue weighted by molar-refractivity contribution is 7.89. The molecule has 8 heteroatoms. The minimum Gasteiger partial charge on any atom is -0.476 e. The van der Waals surface area contributed by atoms with Gasteiger partial charge in [0.25, 0.3) is 0 Å². The summed E-state index contributed by atoms with van der Waals surface area (Å²) < 4.78 is 26.9. The highest BCUT2D eigenvalue weighted by Crippen LogP contribution is 2.18. The normalized spacial score (nSPS) is 13.7. The van der Waals surface area contributed by atoms with Gasteiger partial charge in [0.2, 0.25) is 10.0 Å². The molecule has 19 heavy (non-hydrogen) atoms. The van der Waals surface area contributed by atoms with E-state index in [9.17, 15) is 13.2 Å². The van der Waals surface area contributed by atoms with Crippen LogP contribution in [0.3, 0.4) is 0 Å². The van der Waals surface area contributed by atoms with Gasteiger partial charge in [-0.25, -0.2) is 17.9 Å². The smallest absolute Gasteiger partial charge is 0.357 e. The first-order valence-electron chi connectivity index (χ1n) is 5.95. The van der Waals surface area contributed by atoms with E-state index in [1.165, 1.54) is 6.92 Å². The second-order valence-electron chi connectivity index (χ2n) is 4.98. The summed E-state index contributed by atoms with van der Waals surface area (Å²) in [4.78, 5) is 10.7. The van der Waals surface area contributed by atoms with Crippen molar-refractivity contribution >= 4 is 16.0 Å². The number of hydrogen-bond acceptors (Lipinski definition) is 4. The molecule has 0 aliphatic rings. The van der Waals surface area contributed by atoms with Crippen LogP contribution in [-0.4, -0.2) is 35.7 Å². The first-order valence-corrected chi connectivity index (χ1v) is 7.44. The maximum Gasteiger partial charge on any atom is 0.357 e. The molecule has 0 amide bonds. The van der Waals surface area contributed by atoms with E-state index < -0.39 is 21.7 Å². The quantitative estimate of drug-likeness (QED) is 0.726. The molecule has 0 fully saturated rings. The molecular weight excluding hydrogens is 270 g/mol. The lowest BCUT2D eigenvalue weighted by molar-refractivity contribution is 0.0686. The van der Waals surface area contributed by atoms with Crippen molar-refractivity contribution in [1.82, 2.24) is 14.9 Å². The van der Waals surface area contributed by atoms with Gasteiger partial charge in [0.05, 0.1) is 5.69 Å². The number of H-pyrrole nitrogens is 1. The van der Waals surface area contributed by atoms with E-state index in [4.69, 9.17) is 5.11 Å². The summed E-state index contributed by atoms with van der Waals surface area (Å²) in [5.41, 5.74) is -0.275. The fourth-order valence-corrected chi connectivity index (χ4v) is 3.55. The predicted molar refractivity (Wildman–Crippen MR) is 69.5 cm³/mol. The van der Waals surface area contributed by atoms with Crippen LogP contribution in [-0.2, 0) is 10.0 Å². The van der Waals surface area contributed by atoms with Gasteiger partial charge < -0.3 is 5.11 Å². The van der Waals surface area contributed by atoms with Crippen LogP contribution in [0.2, 0.25) is 0 Å². The van der Waals surface area contributed by atoms with E-state index in [1.54, 1.807) is 6.92 Å². The number of aryl methyl sites for hydroxylation is 1. The van der Waals surface area contributed by atoms with Crippen molar-refractivity contribution in [1.29, 1.82) is 0 Å². The largest absolute Gasteiger partial charge is 0.476 e. The standard InChI is InChI=1S/C11H19N3O4S/c1-6(2)5-7(3)14-19(17,18)10-8(4)12-13-9(10)11(15)16/h6-7,14H,5H2,1-4H3,(H,12,13)(H,15,16). The van der Waals surface area contributed by atoms with Crippen LogP contribution in [0.25, 0.3) is 0 Å². The van der Waals surface area contributed by atoms with Gasteiger partial charge in [-0.05, 0) is 26.2 Å². The number of carbonyl (C=O) groups is 1. The third-order valence-corrected chi connectivity index (χ3v) is 4.29. The zero-order valence-corrected chi connectivity index (χ0v) is 12.2. The molecule has 0 saturated heterocycles. The molecule has 0 aromatic carbocycles. The fraction of sp³-hybridized carbons (Fsp3) is 0.636. The zero-order valence-electron chi connectivity index (χ0n) is 11.4. The number of aromatic nitrogens is 2. The zero-order chi connectivity index (χ0) is 14.8. The van der Waals surface area contributed by atoms with Gasteiger partial charge in [-0.2, -0.15) is 5.10 Å². The fourth-order valence-electron chi connectivity index (χ4n) is 1.97. The van der Waals surface area contributed by atoms with Gasteiger partial charge in [-0.1, -0.05) is 13.8 Å². The molecule has 1 unspecified atom stereocenters. The van der Waals surface area contributed by atoms with Crippen LogP contribution in [0, 0.1) is 12.8 Å². The molecule has 0 aliphatic heterocycles. The molecule has 3 N–H and O–H groups in total. The topological polar surface area (TPSA) is 112 Å². The van der Waals surface area contributed by atoms with Crippen molar-refractivity contribution in [2.75, 3.05) is 0 Å². The Labute approximate surface area is 112 Å². The maximum absolute atomic E-state index is 12.2. The van der Waals surface area contributed by atoms with Crippen LogP contribution < -0.4 is 4.72 Å². The Morgan fingerprint density at radius 2 is 2.00 bits per heavy atom. The van der Waals surface area contributed by atoms with Crippen molar-refractivity contribution in [3.63, 3.8) is 0 Å². The Kier molecular flexibility index (Phi) is 4.70. The third kappa shape index (κ3) is 3.77. The van der Waals surface area contributed by atoms with Crippen LogP contribution in [0.5, 0.6) is 0 Å². The molecule has 1 aromatic rings. The highest BCUT2D eigenvalue weighted by Gasteiger charge is 2.29. The Balaban J connectivity index is 3.07. The summed E-state index contributed by atoms with van der Waals surface area (Å²) in [5.74, 6) is -1.04. The second-order valence-corrected chi connectivity index (χ2v) is 6.63. The predicted octanol–water partition coefficient (Wildman–Crippen LogP) is 1.13. The summed E-state index contributed by atoms with van der Waals surface area (Å²) in [7, 11) is -3.89. The van der Waals surface area contributed by atoms with Crippen LogP contribution in [0.15, 0.2) is 4.90 Å². The molecule has 0 radical (unpaired) electrons. The third-order valence-electron chi connectivity index (χ3n) is 2.54. The minimum atomic E-state index is -3.89.